The Morgan fingerprint density at radius 2 is 1.67 bits per heavy atom. The van der Waals surface area contributed by atoms with E-state index in [1.165, 1.54) is 25.7 Å². The monoisotopic (exact) mass is 293 g/mol. The molecule has 4 nitrogen and oxygen atoms in total. The quantitative estimate of drug-likeness (QED) is 0.797. The van der Waals surface area contributed by atoms with Gasteiger partial charge in [-0.05, 0) is 42.4 Å². The summed E-state index contributed by atoms with van der Waals surface area (Å²) in [5.74, 6) is 2.07. The van der Waals surface area contributed by atoms with Crippen molar-refractivity contribution in [3.63, 3.8) is 0 Å². The second kappa shape index (κ2) is 7.03. The molecule has 0 saturated heterocycles. The topological polar surface area (TPSA) is 39.7 Å². The fourth-order valence-corrected chi connectivity index (χ4v) is 3.04. The number of methoxy groups -OCH3 is 3. The molecule has 1 aliphatic carbocycles. The molecule has 1 aliphatic rings. The van der Waals surface area contributed by atoms with Gasteiger partial charge >= 0.3 is 0 Å². The zero-order valence-electron chi connectivity index (χ0n) is 13.6. The summed E-state index contributed by atoms with van der Waals surface area (Å²) in [6.07, 6.45) is 5.34. The summed E-state index contributed by atoms with van der Waals surface area (Å²) in [7, 11) is 4.92. The molecule has 21 heavy (non-hydrogen) atoms. The minimum Gasteiger partial charge on any atom is -0.493 e. The maximum absolute atomic E-state index is 5.39. The van der Waals surface area contributed by atoms with Crippen LogP contribution >= 0.6 is 0 Å². The number of hydrogen-bond donors (Lipinski definition) is 1. The molecule has 0 aromatic heterocycles. The van der Waals surface area contributed by atoms with Crippen molar-refractivity contribution < 1.29 is 14.2 Å². The molecule has 0 bridgehead atoms. The van der Waals surface area contributed by atoms with E-state index in [0.29, 0.717) is 22.7 Å². The zero-order valence-corrected chi connectivity index (χ0v) is 13.6. The number of nitrogens with one attached hydrogen (secondary N) is 1. The minimum absolute atomic E-state index is 0.528. The summed E-state index contributed by atoms with van der Waals surface area (Å²) in [6, 6.07) is 4.02. The first-order valence-corrected chi connectivity index (χ1v) is 7.67. The SMILES string of the molecule is CCC1(CNCc2cc(OC)c(OC)c(OC)c2)CCC1. The lowest BCUT2D eigenvalue weighted by atomic mass is 9.67. The number of rotatable bonds is 8. The van der Waals surface area contributed by atoms with E-state index in [-0.39, 0.29) is 0 Å². The Labute approximate surface area is 127 Å². The Hall–Kier alpha value is -1.42. The van der Waals surface area contributed by atoms with Crippen molar-refractivity contribution >= 4 is 0 Å². The summed E-state index contributed by atoms with van der Waals surface area (Å²) < 4.78 is 16.1. The van der Waals surface area contributed by atoms with Gasteiger partial charge in [-0.15, -0.1) is 0 Å². The summed E-state index contributed by atoms with van der Waals surface area (Å²) >= 11 is 0. The van der Waals surface area contributed by atoms with E-state index in [0.717, 1.165) is 18.7 Å². The lowest BCUT2D eigenvalue weighted by Crippen LogP contribution is -2.39. The molecule has 0 heterocycles. The highest BCUT2D eigenvalue weighted by Gasteiger charge is 2.34. The van der Waals surface area contributed by atoms with Gasteiger partial charge in [0.25, 0.3) is 0 Å². The van der Waals surface area contributed by atoms with E-state index < -0.39 is 0 Å². The third kappa shape index (κ3) is 3.43. The second-order valence-corrected chi connectivity index (χ2v) is 5.84. The van der Waals surface area contributed by atoms with Gasteiger partial charge in [-0.3, -0.25) is 0 Å². The standard InChI is InChI=1S/C17H27NO3/c1-5-17(7-6-8-17)12-18-11-13-9-14(19-2)16(21-4)15(10-13)20-3/h9-10,18H,5-8,11-12H2,1-4H3. The Morgan fingerprint density at radius 1 is 1.05 bits per heavy atom. The molecule has 118 valence electrons. The zero-order chi connectivity index (χ0) is 15.3. The molecular formula is C17H27NO3. The number of hydrogen-bond acceptors (Lipinski definition) is 4. The maximum Gasteiger partial charge on any atom is 0.203 e. The fraction of sp³-hybridized carbons (Fsp3) is 0.647. The normalized spacial score (nSPS) is 16.2. The molecule has 1 fully saturated rings. The summed E-state index contributed by atoms with van der Waals surface area (Å²) in [5, 5.41) is 3.58. The lowest BCUT2D eigenvalue weighted by Gasteiger charge is -2.41. The lowest BCUT2D eigenvalue weighted by molar-refractivity contribution is 0.124. The summed E-state index contributed by atoms with van der Waals surface area (Å²) in [6.45, 7) is 4.19. The van der Waals surface area contributed by atoms with Crippen LogP contribution in [0.3, 0.4) is 0 Å². The molecule has 2 rings (SSSR count). The molecule has 1 N–H and O–H groups in total. The highest BCUT2D eigenvalue weighted by atomic mass is 16.5. The van der Waals surface area contributed by atoms with E-state index in [4.69, 9.17) is 14.2 Å². The number of ether oxygens (including phenoxy) is 3. The molecule has 1 saturated carbocycles. The molecule has 1 aromatic carbocycles. The Morgan fingerprint density at radius 3 is 2.05 bits per heavy atom. The van der Waals surface area contributed by atoms with Gasteiger partial charge in [-0.25, -0.2) is 0 Å². The molecule has 0 aliphatic heterocycles. The first-order chi connectivity index (χ1) is 10.2. The van der Waals surface area contributed by atoms with Crippen molar-refractivity contribution in [2.45, 2.75) is 39.2 Å². The summed E-state index contributed by atoms with van der Waals surface area (Å²) in [4.78, 5) is 0. The van der Waals surface area contributed by atoms with Gasteiger partial charge in [0.2, 0.25) is 5.75 Å². The van der Waals surface area contributed by atoms with Crippen molar-refractivity contribution in [1.29, 1.82) is 0 Å². The first kappa shape index (κ1) is 16.0. The molecule has 0 radical (unpaired) electrons. The predicted octanol–water partition coefficient (Wildman–Crippen LogP) is 3.38. The van der Waals surface area contributed by atoms with Crippen molar-refractivity contribution in [2.75, 3.05) is 27.9 Å². The molecule has 0 atom stereocenters. The smallest absolute Gasteiger partial charge is 0.203 e. The van der Waals surface area contributed by atoms with Gasteiger partial charge in [0.15, 0.2) is 11.5 Å². The average Bonchev–Trinajstić information content (AvgIpc) is 2.48. The van der Waals surface area contributed by atoms with Crippen LogP contribution < -0.4 is 19.5 Å². The maximum atomic E-state index is 5.39. The van der Waals surface area contributed by atoms with Crippen molar-refractivity contribution in [1.82, 2.24) is 5.32 Å². The second-order valence-electron chi connectivity index (χ2n) is 5.84. The van der Waals surface area contributed by atoms with Crippen LogP contribution in [0.2, 0.25) is 0 Å². The van der Waals surface area contributed by atoms with Gasteiger partial charge in [-0.1, -0.05) is 13.3 Å². The molecule has 4 heteroatoms. The summed E-state index contributed by atoms with van der Waals surface area (Å²) in [5.41, 5.74) is 1.68. The van der Waals surface area contributed by atoms with Crippen LogP contribution in [0.1, 0.15) is 38.2 Å². The number of benzene rings is 1. The molecule has 0 spiro atoms. The van der Waals surface area contributed by atoms with E-state index in [9.17, 15) is 0 Å². The van der Waals surface area contributed by atoms with E-state index >= 15 is 0 Å². The van der Waals surface area contributed by atoms with Crippen LogP contribution in [0.4, 0.5) is 0 Å². The molecule has 0 amide bonds. The van der Waals surface area contributed by atoms with Gasteiger partial charge < -0.3 is 19.5 Å². The third-order valence-electron chi connectivity index (χ3n) is 4.72. The highest BCUT2D eigenvalue weighted by Crippen LogP contribution is 2.43. The van der Waals surface area contributed by atoms with Gasteiger partial charge in [0, 0.05) is 13.1 Å². The van der Waals surface area contributed by atoms with Crippen LogP contribution in [0.25, 0.3) is 0 Å². The van der Waals surface area contributed by atoms with E-state index in [2.05, 4.69) is 12.2 Å². The van der Waals surface area contributed by atoms with E-state index in [1.807, 2.05) is 12.1 Å². The first-order valence-electron chi connectivity index (χ1n) is 7.67. The van der Waals surface area contributed by atoms with Crippen LogP contribution in [-0.2, 0) is 6.54 Å². The Bertz CT molecular complexity index is 439. The minimum atomic E-state index is 0.528. The molecule has 1 aromatic rings. The largest absolute Gasteiger partial charge is 0.493 e. The van der Waals surface area contributed by atoms with Crippen molar-refractivity contribution in [3.05, 3.63) is 17.7 Å². The highest BCUT2D eigenvalue weighted by molar-refractivity contribution is 5.53. The fourth-order valence-electron chi connectivity index (χ4n) is 3.04. The van der Waals surface area contributed by atoms with Crippen molar-refractivity contribution in [3.8, 4) is 17.2 Å². The van der Waals surface area contributed by atoms with E-state index in [1.54, 1.807) is 21.3 Å². The third-order valence-corrected chi connectivity index (χ3v) is 4.72. The molecule has 0 unspecified atom stereocenters. The van der Waals surface area contributed by atoms with Crippen LogP contribution in [0.15, 0.2) is 12.1 Å². The van der Waals surface area contributed by atoms with Crippen LogP contribution in [0, 0.1) is 5.41 Å². The van der Waals surface area contributed by atoms with Gasteiger partial charge in [-0.2, -0.15) is 0 Å². The molecular weight excluding hydrogens is 266 g/mol. The van der Waals surface area contributed by atoms with Crippen LogP contribution in [-0.4, -0.2) is 27.9 Å². The van der Waals surface area contributed by atoms with Gasteiger partial charge in [0.1, 0.15) is 0 Å². The van der Waals surface area contributed by atoms with Crippen molar-refractivity contribution in [2.24, 2.45) is 5.41 Å². The average molecular weight is 293 g/mol. The Kier molecular flexibility index (Phi) is 5.34. The predicted molar refractivity (Wildman–Crippen MR) is 84.4 cm³/mol. The van der Waals surface area contributed by atoms with Crippen LogP contribution in [0.5, 0.6) is 17.2 Å². The Balaban J connectivity index is 2.02. The van der Waals surface area contributed by atoms with Gasteiger partial charge in [0.05, 0.1) is 21.3 Å².